The number of hydrogen-bond donors (Lipinski definition) is 2. The average Bonchev–Trinajstić information content (AvgIpc) is 3.59. The van der Waals surface area contributed by atoms with E-state index < -0.39 is 0 Å². The van der Waals surface area contributed by atoms with E-state index in [0.29, 0.717) is 36.4 Å². The zero-order chi connectivity index (χ0) is 25.1. The van der Waals surface area contributed by atoms with Crippen LogP contribution in [-0.2, 0) is 0 Å². The van der Waals surface area contributed by atoms with E-state index in [9.17, 15) is 14.9 Å². The Hall–Kier alpha value is -4.10. The van der Waals surface area contributed by atoms with E-state index in [2.05, 4.69) is 26.6 Å². The molecule has 0 bridgehead atoms. The zero-order valence-corrected chi connectivity index (χ0v) is 20.2. The highest BCUT2D eigenvalue weighted by Gasteiger charge is 2.28. The molecule has 2 N–H and O–H groups in total. The van der Waals surface area contributed by atoms with Gasteiger partial charge in [-0.1, -0.05) is 0 Å². The number of likely N-dealkylation sites (tertiary alicyclic amines) is 2. The number of piperidine rings is 1. The molecule has 2 fully saturated rings. The number of amides is 3. The van der Waals surface area contributed by atoms with Crippen molar-refractivity contribution < 1.29 is 14.3 Å². The third-order valence-corrected chi connectivity index (χ3v) is 6.95. The van der Waals surface area contributed by atoms with E-state index in [1.54, 1.807) is 37.5 Å². The predicted molar refractivity (Wildman–Crippen MR) is 135 cm³/mol. The molecule has 2 aliphatic rings. The van der Waals surface area contributed by atoms with Gasteiger partial charge in [-0.15, -0.1) is 0 Å². The molecule has 3 amide bonds. The lowest BCUT2D eigenvalue weighted by Crippen LogP contribution is -2.47. The molecular formula is C26H29N7O3. The first-order valence-electron chi connectivity index (χ1n) is 12.3. The Bertz CT molecular complexity index is 1310. The molecule has 2 aromatic heterocycles. The van der Waals surface area contributed by atoms with Gasteiger partial charge in [0.1, 0.15) is 28.9 Å². The Balaban J connectivity index is 1.26. The molecule has 10 heteroatoms. The van der Waals surface area contributed by atoms with Crippen LogP contribution in [0.4, 0.5) is 15.4 Å². The fourth-order valence-corrected chi connectivity index (χ4v) is 5.01. The molecule has 4 heterocycles. The maximum atomic E-state index is 12.9. The number of nitriles is 1. The first kappa shape index (κ1) is 23.6. The largest absolute Gasteiger partial charge is 0.456 e. The van der Waals surface area contributed by atoms with Gasteiger partial charge in [-0.05, 0) is 63.0 Å². The van der Waals surface area contributed by atoms with Gasteiger partial charge in [-0.25, -0.2) is 14.6 Å². The second-order valence-corrected chi connectivity index (χ2v) is 9.13. The summed E-state index contributed by atoms with van der Waals surface area (Å²) in [5.41, 5.74) is 0.987. The van der Waals surface area contributed by atoms with Gasteiger partial charge < -0.3 is 19.9 Å². The smallest absolute Gasteiger partial charge is 0.325 e. The minimum Gasteiger partial charge on any atom is -0.456 e. The molecule has 0 aliphatic carbocycles. The Kier molecular flexibility index (Phi) is 6.73. The van der Waals surface area contributed by atoms with Crippen molar-refractivity contribution >= 4 is 28.8 Å². The van der Waals surface area contributed by atoms with E-state index in [1.807, 2.05) is 11.0 Å². The quantitative estimate of drug-likeness (QED) is 0.575. The number of urea groups is 1. The fourth-order valence-electron chi connectivity index (χ4n) is 5.01. The summed E-state index contributed by atoms with van der Waals surface area (Å²) >= 11 is 0. The number of fused-ring (bicyclic) bond motifs is 1. The van der Waals surface area contributed by atoms with E-state index in [0.717, 1.165) is 23.7 Å². The third kappa shape index (κ3) is 4.83. The van der Waals surface area contributed by atoms with Crippen LogP contribution < -0.4 is 15.4 Å². The second kappa shape index (κ2) is 10.3. The average molecular weight is 488 g/mol. The number of rotatable bonds is 4. The van der Waals surface area contributed by atoms with Crippen LogP contribution >= 0.6 is 0 Å². The van der Waals surface area contributed by atoms with Gasteiger partial charge in [0.15, 0.2) is 0 Å². The van der Waals surface area contributed by atoms with E-state index in [4.69, 9.17) is 4.74 Å². The molecule has 186 valence electrons. The maximum Gasteiger partial charge on any atom is 0.325 e. The van der Waals surface area contributed by atoms with E-state index in [-0.39, 0.29) is 17.6 Å². The van der Waals surface area contributed by atoms with Crippen molar-refractivity contribution in [3.8, 4) is 17.6 Å². The van der Waals surface area contributed by atoms with Crippen LogP contribution in [0.15, 0.2) is 42.7 Å². The number of anilines is 1. The Morgan fingerprint density at radius 1 is 1.08 bits per heavy atom. The number of pyridine rings is 1. The minimum atomic E-state index is -0.236. The monoisotopic (exact) mass is 487 g/mol. The summed E-state index contributed by atoms with van der Waals surface area (Å²) in [7, 11) is 1.57. The molecule has 10 nitrogen and oxygen atoms in total. The number of ether oxygens (including phenoxy) is 1. The number of carbonyl (C=O) groups excluding carboxylic acids is 2. The molecule has 2 aliphatic heterocycles. The molecule has 0 atom stereocenters. The zero-order valence-electron chi connectivity index (χ0n) is 20.2. The molecule has 3 aromatic rings. The number of hydrogen-bond acceptors (Lipinski definition) is 6. The van der Waals surface area contributed by atoms with Crippen molar-refractivity contribution in [3.05, 3.63) is 48.3 Å². The predicted octanol–water partition coefficient (Wildman–Crippen LogP) is 3.98. The van der Waals surface area contributed by atoms with Crippen molar-refractivity contribution in [1.82, 2.24) is 24.7 Å². The molecular weight excluding hydrogens is 458 g/mol. The lowest BCUT2D eigenvalue weighted by atomic mass is 10.0. The topological polar surface area (TPSA) is 116 Å². The molecule has 0 spiro atoms. The molecule has 1 aromatic carbocycles. The van der Waals surface area contributed by atoms with Crippen LogP contribution in [0.25, 0.3) is 10.9 Å². The number of nitrogens with one attached hydrogen (secondary N) is 2. The van der Waals surface area contributed by atoms with Gasteiger partial charge in [-0.2, -0.15) is 5.26 Å². The molecule has 36 heavy (non-hydrogen) atoms. The van der Waals surface area contributed by atoms with Crippen LogP contribution in [-0.4, -0.2) is 70.7 Å². The summed E-state index contributed by atoms with van der Waals surface area (Å²) in [4.78, 5) is 33.5. The van der Waals surface area contributed by atoms with Crippen molar-refractivity contribution in [3.63, 3.8) is 0 Å². The van der Waals surface area contributed by atoms with Gasteiger partial charge >= 0.3 is 12.1 Å². The maximum absolute atomic E-state index is 12.9. The SMILES string of the molecule is CNC(=O)n1ccc2cc(Oc3cc(NC(=O)N4CCC(N5CCCC5)CC4)ncc3C#N)ccc21. The fraction of sp³-hybridized carbons (Fsp3) is 0.385. The Labute approximate surface area is 209 Å². The Morgan fingerprint density at radius 2 is 1.86 bits per heavy atom. The number of benzene rings is 1. The second-order valence-electron chi connectivity index (χ2n) is 9.13. The first-order chi connectivity index (χ1) is 17.6. The van der Waals surface area contributed by atoms with Crippen LogP contribution in [0, 0.1) is 11.3 Å². The number of aromatic nitrogens is 2. The van der Waals surface area contributed by atoms with Crippen molar-refractivity contribution in [2.75, 3.05) is 38.5 Å². The molecule has 0 radical (unpaired) electrons. The van der Waals surface area contributed by atoms with Gasteiger partial charge in [0.2, 0.25) is 0 Å². The molecule has 5 rings (SSSR count). The summed E-state index contributed by atoms with van der Waals surface area (Å²) < 4.78 is 7.51. The van der Waals surface area contributed by atoms with Gasteiger partial charge in [-0.3, -0.25) is 9.88 Å². The lowest BCUT2D eigenvalue weighted by molar-refractivity contribution is 0.140. The van der Waals surface area contributed by atoms with Gasteiger partial charge in [0.25, 0.3) is 0 Å². The van der Waals surface area contributed by atoms with Gasteiger partial charge in [0.05, 0.1) is 11.7 Å². The molecule has 0 saturated carbocycles. The molecule has 0 unspecified atom stereocenters. The van der Waals surface area contributed by atoms with E-state index in [1.165, 1.54) is 36.7 Å². The Morgan fingerprint density at radius 3 is 2.58 bits per heavy atom. The van der Waals surface area contributed by atoms with Crippen molar-refractivity contribution in [2.45, 2.75) is 31.7 Å². The standard InChI is InChI=1S/C26H29N7O3/c1-28-25(34)33-13-6-18-14-21(4-5-22(18)33)36-23-15-24(29-17-19(23)16-27)30-26(35)32-11-7-20(8-12-32)31-9-2-3-10-31/h4-6,13-15,17,20H,2-3,7-12H2,1H3,(H,28,34)(H,29,30,35). The van der Waals surface area contributed by atoms with Gasteiger partial charge in [0, 0.05) is 43.8 Å². The first-order valence-corrected chi connectivity index (χ1v) is 12.3. The molecule has 2 saturated heterocycles. The highest BCUT2D eigenvalue weighted by atomic mass is 16.5. The van der Waals surface area contributed by atoms with Crippen LogP contribution in [0.3, 0.4) is 0 Å². The summed E-state index contributed by atoms with van der Waals surface area (Å²) in [6, 6.07) is 10.9. The number of carbonyl (C=O) groups is 2. The van der Waals surface area contributed by atoms with Crippen LogP contribution in [0.1, 0.15) is 31.2 Å². The number of nitrogens with zero attached hydrogens (tertiary/aromatic N) is 5. The third-order valence-electron chi connectivity index (χ3n) is 6.95. The highest BCUT2D eigenvalue weighted by Crippen LogP contribution is 2.30. The summed E-state index contributed by atoms with van der Waals surface area (Å²) in [5.74, 6) is 1.12. The van der Waals surface area contributed by atoms with Crippen molar-refractivity contribution in [1.29, 1.82) is 5.26 Å². The summed E-state index contributed by atoms with van der Waals surface area (Å²) in [6.07, 6.45) is 7.57. The minimum absolute atomic E-state index is 0.199. The normalized spacial score (nSPS) is 16.6. The highest BCUT2D eigenvalue weighted by molar-refractivity contribution is 5.92. The van der Waals surface area contributed by atoms with Crippen LogP contribution in [0.2, 0.25) is 0 Å². The van der Waals surface area contributed by atoms with Crippen LogP contribution in [0.5, 0.6) is 11.5 Å². The lowest BCUT2D eigenvalue weighted by Gasteiger charge is -2.36. The van der Waals surface area contributed by atoms with Crippen molar-refractivity contribution in [2.24, 2.45) is 0 Å². The summed E-state index contributed by atoms with van der Waals surface area (Å²) in [5, 5.41) is 15.8. The van der Waals surface area contributed by atoms with E-state index >= 15 is 0 Å². The summed E-state index contributed by atoms with van der Waals surface area (Å²) in [6.45, 7) is 3.76.